The van der Waals surface area contributed by atoms with E-state index in [0.29, 0.717) is 6.42 Å². The monoisotopic (exact) mass is 285 g/mol. The lowest BCUT2D eigenvalue weighted by atomic mass is 10.1. The number of carboxylic acid groups (broad SMARTS) is 1. The van der Waals surface area contributed by atoms with Crippen LogP contribution < -0.4 is 5.32 Å². The Bertz CT molecular complexity index is 349. The predicted octanol–water partition coefficient (Wildman–Crippen LogP) is 2.44. The van der Waals surface area contributed by atoms with Gasteiger partial charge in [0.05, 0.1) is 0 Å². The number of aliphatic carboxylic acids is 1. The Balaban J connectivity index is 2.68. The van der Waals surface area contributed by atoms with Gasteiger partial charge in [0.2, 0.25) is 0 Å². The first-order valence-electron chi connectivity index (χ1n) is 5.22. The maximum atomic E-state index is 11.0. The summed E-state index contributed by atoms with van der Waals surface area (Å²) in [6.45, 7) is 3.88. The zero-order valence-corrected chi connectivity index (χ0v) is 11.0. The molecule has 0 aromatic heterocycles. The van der Waals surface area contributed by atoms with Crippen molar-refractivity contribution in [3.8, 4) is 0 Å². The van der Waals surface area contributed by atoms with Gasteiger partial charge in [0.15, 0.2) is 0 Å². The van der Waals surface area contributed by atoms with Crippen molar-refractivity contribution in [1.29, 1.82) is 0 Å². The summed E-state index contributed by atoms with van der Waals surface area (Å²) in [4.78, 5) is 11.0. The Hall–Kier alpha value is -0.870. The first kappa shape index (κ1) is 13.2. The molecule has 2 N–H and O–H groups in total. The maximum Gasteiger partial charge on any atom is 0.321 e. The van der Waals surface area contributed by atoms with Gasteiger partial charge in [-0.25, -0.2) is 0 Å². The highest BCUT2D eigenvalue weighted by Crippen LogP contribution is 2.12. The minimum Gasteiger partial charge on any atom is -0.480 e. The third kappa shape index (κ3) is 4.33. The topological polar surface area (TPSA) is 49.3 Å². The molecule has 16 heavy (non-hydrogen) atoms. The fraction of sp³-hybridized carbons (Fsp3) is 0.417. The molecule has 0 aliphatic heterocycles. The van der Waals surface area contributed by atoms with Crippen molar-refractivity contribution in [2.24, 2.45) is 0 Å². The van der Waals surface area contributed by atoms with Crippen LogP contribution in [-0.4, -0.2) is 23.2 Å². The number of benzene rings is 1. The molecule has 3 nitrogen and oxygen atoms in total. The largest absolute Gasteiger partial charge is 0.480 e. The standard InChI is InChI=1S/C12H16BrNO2/c1-8(2)14-11(12(15)16)7-9-3-5-10(13)6-4-9/h3-6,8,11,14H,7H2,1-2H3,(H,15,16). The van der Waals surface area contributed by atoms with Crippen LogP contribution in [0.25, 0.3) is 0 Å². The van der Waals surface area contributed by atoms with Gasteiger partial charge in [0.25, 0.3) is 0 Å². The molecule has 0 aliphatic carbocycles. The Kier molecular flexibility index (Phi) is 4.96. The van der Waals surface area contributed by atoms with E-state index in [0.717, 1.165) is 10.0 Å². The highest BCUT2D eigenvalue weighted by atomic mass is 79.9. The van der Waals surface area contributed by atoms with Crippen molar-refractivity contribution >= 4 is 21.9 Å². The first-order chi connectivity index (χ1) is 7.49. The summed E-state index contributed by atoms with van der Waals surface area (Å²) in [5, 5.41) is 12.1. The van der Waals surface area contributed by atoms with Crippen molar-refractivity contribution in [1.82, 2.24) is 5.32 Å². The highest BCUT2D eigenvalue weighted by molar-refractivity contribution is 9.10. The fourth-order valence-electron chi connectivity index (χ4n) is 1.48. The second kappa shape index (κ2) is 6.01. The van der Waals surface area contributed by atoms with E-state index in [-0.39, 0.29) is 6.04 Å². The molecule has 0 aliphatic rings. The van der Waals surface area contributed by atoms with Crippen molar-refractivity contribution in [3.05, 3.63) is 34.3 Å². The second-order valence-corrected chi connectivity index (χ2v) is 4.96. The Labute approximate surface area is 104 Å². The van der Waals surface area contributed by atoms with E-state index in [9.17, 15) is 4.79 Å². The molecule has 0 fully saturated rings. The molecule has 1 rings (SSSR count). The summed E-state index contributed by atoms with van der Waals surface area (Å²) in [6.07, 6.45) is 0.501. The van der Waals surface area contributed by atoms with E-state index >= 15 is 0 Å². The second-order valence-electron chi connectivity index (χ2n) is 4.04. The van der Waals surface area contributed by atoms with Crippen LogP contribution in [0, 0.1) is 0 Å². The van der Waals surface area contributed by atoms with Crippen LogP contribution in [0.15, 0.2) is 28.7 Å². The van der Waals surface area contributed by atoms with Crippen LogP contribution in [-0.2, 0) is 11.2 Å². The average molecular weight is 286 g/mol. The molecule has 0 amide bonds. The lowest BCUT2D eigenvalue weighted by Gasteiger charge is -2.17. The summed E-state index contributed by atoms with van der Waals surface area (Å²) >= 11 is 3.35. The third-order valence-electron chi connectivity index (χ3n) is 2.19. The Morgan fingerprint density at radius 1 is 1.38 bits per heavy atom. The quantitative estimate of drug-likeness (QED) is 0.874. The van der Waals surface area contributed by atoms with Gasteiger partial charge in [0, 0.05) is 10.5 Å². The third-order valence-corrected chi connectivity index (χ3v) is 2.71. The van der Waals surface area contributed by atoms with Gasteiger partial charge in [-0.1, -0.05) is 41.9 Å². The van der Waals surface area contributed by atoms with E-state index in [1.165, 1.54) is 0 Å². The van der Waals surface area contributed by atoms with Crippen molar-refractivity contribution in [2.75, 3.05) is 0 Å². The van der Waals surface area contributed by atoms with Crippen LogP contribution in [0.1, 0.15) is 19.4 Å². The fourth-order valence-corrected chi connectivity index (χ4v) is 1.74. The number of nitrogens with one attached hydrogen (secondary N) is 1. The SMILES string of the molecule is CC(C)NC(Cc1ccc(Br)cc1)C(=O)O. The Morgan fingerprint density at radius 2 is 1.94 bits per heavy atom. The summed E-state index contributed by atoms with van der Waals surface area (Å²) < 4.78 is 1.000. The molecule has 0 radical (unpaired) electrons. The van der Waals surface area contributed by atoms with Gasteiger partial charge in [0.1, 0.15) is 6.04 Å². The van der Waals surface area contributed by atoms with E-state index in [4.69, 9.17) is 5.11 Å². The van der Waals surface area contributed by atoms with Crippen molar-refractivity contribution < 1.29 is 9.90 Å². The average Bonchev–Trinajstić information content (AvgIpc) is 2.19. The highest BCUT2D eigenvalue weighted by Gasteiger charge is 2.18. The molecule has 1 atom stereocenters. The zero-order valence-electron chi connectivity index (χ0n) is 9.40. The number of rotatable bonds is 5. The van der Waals surface area contributed by atoms with Gasteiger partial charge in [-0.05, 0) is 24.1 Å². The number of hydrogen-bond acceptors (Lipinski definition) is 2. The van der Waals surface area contributed by atoms with Gasteiger partial charge >= 0.3 is 5.97 Å². The molecule has 0 heterocycles. The van der Waals surface area contributed by atoms with Gasteiger partial charge < -0.3 is 10.4 Å². The summed E-state index contributed by atoms with van der Waals surface area (Å²) in [6, 6.07) is 7.34. The summed E-state index contributed by atoms with van der Waals surface area (Å²) in [5.74, 6) is -0.809. The van der Waals surface area contributed by atoms with Gasteiger partial charge in [-0.3, -0.25) is 4.79 Å². The lowest BCUT2D eigenvalue weighted by Crippen LogP contribution is -2.42. The molecule has 1 unspecified atom stereocenters. The van der Waals surface area contributed by atoms with Crippen LogP contribution in [0.5, 0.6) is 0 Å². The normalized spacial score (nSPS) is 12.8. The summed E-state index contributed by atoms with van der Waals surface area (Å²) in [5.41, 5.74) is 1.02. The maximum absolute atomic E-state index is 11.0. The Morgan fingerprint density at radius 3 is 2.38 bits per heavy atom. The number of carbonyl (C=O) groups is 1. The minimum atomic E-state index is -0.809. The van der Waals surface area contributed by atoms with E-state index < -0.39 is 12.0 Å². The zero-order chi connectivity index (χ0) is 12.1. The molecule has 0 saturated heterocycles. The van der Waals surface area contributed by atoms with Crippen molar-refractivity contribution in [2.45, 2.75) is 32.4 Å². The van der Waals surface area contributed by atoms with E-state index in [1.807, 2.05) is 38.1 Å². The molecular formula is C12H16BrNO2. The first-order valence-corrected chi connectivity index (χ1v) is 6.01. The minimum absolute atomic E-state index is 0.163. The molecular weight excluding hydrogens is 270 g/mol. The number of halogens is 1. The van der Waals surface area contributed by atoms with Crippen LogP contribution >= 0.6 is 15.9 Å². The number of hydrogen-bond donors (Lipinski definition) is 2. The summed E-state index contributed by atoms with van der Waals surface area (Å²) in [7, 11) is 0. The van der Waals surface area contributed by atoms with Crippen LogP contribution in [0.2, 0.25) is 0 Å². The molecule has 88 valence electrons. The number of carboxylic acids is 1. The molecule has 0 spiro atoms. The van der Waals surface area contributed by atoms with E-state index in [2.05, 4.69) is 21.2 Å². The predicted molar refractivity (Wildman–Crippen MR) is 67.5 cm³/mol. The van der Waals surface area contributed by atoms with Crippen LogP contribution in [0.4, 0.5) is 0 Å². The van der Waals surface area contributed by atoms with Crippen molar-refractivity contribution in [3.63, 3.8) is 0 Å². The molecule has 0 saturated carbocycles. The van der Waals surface area contributed by atoms with Gasteiger partial charge in [-0.15, -0.1) is 0 Å². The molecule has 4 heteroatoms. The molecule has 0 bridgehead atoms. The van der Waals surface area contributed by atoms with E-state index in [1.54, 1.807) is 0 Å². The smallest absolute Gasteiger partial charge is 0.321 e. The molecule has 1 aromatic carbocycles. The van der Waals surface area contributed by atoms with Gasteiger partial charge in [-0.2, -0.15) is 0 Å². The molecule has 1 aromatic rings. The van der Waals surface area contributed by atoms with Crippen LogP contribution in [0.3, 0.4) is 0 Å². The lowest BCUT2D eigenvalue weighted by molar-refractivity contribution is -0.139.